The van der Waals surface area contributed by atoms with E-state index in [4.69, 9.17) is 5.73 Å². The smallest absolute Gasteiger partial charge is 0.366 e. The van der Waals surface area contributed by atoms with Crippen molar-refractivity contribution >= 4 is 16.8 Å². The van der Waals surface area contributed by atoms with Gasteiger partial charge in [0, 0.05) is 41.9 Å². The van der Waals surface area contributed by atoms with Crippen molar-refractivity contribution in [2.75, 3.05) is 0 Å². The van der Waals surface area contributed by atoms with E-state index in [2.05, 4.69) is 21.7 Å². The molecule has 3 heterocycles. The second kappa shape index (κ2) is 7.41. The van der Waals surface area contributed by atoms with Crippen LogP contribution in [0.25, 0.3) is 10.9 Å². The van der Waals surface area contributed by atoms with Crippen molar-refractivity contribution < 1.29 is 18.0 Å². The number of benzene rings is 2. The second-order valence-corrected chi connectivity index (χ2v) is 8.74. The van der Waals surface area contributed by atoms with Gasteiger partial charge in [0.25, 0.3) is 0 Å². The molecule has 1 amide bonds. The maximum absolute atomic E-state index is 12.8. The van der Waals surface area contributed by atoms with Crippen molar-refractivity contribution in [2.24, 2.45) is 5.73 Å². The third-order valence-electron chi connectivity index (χ3n) is 6.91. The Kier molecular flexibility index (Phi) is 4.81. The molecular formula is C24H24F3N3O. The first-order chi connectivity index (χ1) is 14.8. The molecule has 4 nitrogen and oxygen atoms in total. The maximum Gasteiger partial charge on any atom is 0.416 e. The molecule has 31 heavy (non-hydrogen) atoms. The van der Waals surface area contributed by atoms with E-state index in [0.29, 0.717) is 30.2 Å². The second-order valence-electron chi connectivity index (χ2n) is 8.74. The highest BCUT2D eigenvalue weighted by Gasteiger charge is 2.41. The van der Waals surface area contributed by atoms with Gasteiger partial charge < -0.3 is 10.3 Å². The predicted octanol–water partition coefficient (Wildman–Crippen LogP) is 5.13. The number of hydrogen-bond donors (Lipinski definition) is 1. The molecule has 2 aromatic carbocycles. The molecule has 1 aromatic heterocycles. The van der Waals surface area contributed by atoms with Gasteiger partial charge in [-0.25, -0.2) is 0 Å². The summed E-state index contributed by atoms with van der Waals surface area (Å²) in [5, 5.41) is 1.09. The average molecular weight is 427 g/mol. The van der Waals surface area contributed by atoms with Crippen LogP contribution in [0.15, 0.2) is 54.7 Å². The van der Waals surface area contributed by atoms with Gasteiger partial charge >= 0.3 is 6.18 Å². The van der Waals surface area contributed by atoms with Crippen molar-refractivity contribution in [3.63, 3.8) is 0 Å². The maximum atomic E-state index is 12.8. The predicted molar refractivity (Wildman–Crippen MR) is 113 cm³/mol. The minimum Gasteiger partial charge on any atom is -0.366 e. The Morgan fingerprint density at radius 2 is 1.65 bits per heavy atom. The van der Waals surface area contributed by atoms with Gasteiger partial charge in [-0.05, 0) is 67.0 Å². The molecule has 2 saturated heterocycles. The van der Waals surface area contributed by atoms with Gasteiger partial charge in [-0.2, -0.15) is 13.2 Å². The lowest BCUT2D eigenvalue weighted by molar-refractivity contribution is -0.137. The van der Waals surface area contributed by atoms with Crippen molar-refractivity contribution in [3.8, 4) is 0 Å². The van der Waals surface area contributed by atoms with Gasteiger partial charge in [-0.15, -0.1) is 0 Å². The summed E-state index contributed by atoms with van der Waals surface area (Å²) in [6.45, 7) is 0.679. The molecule has 162 valence electrons. The minimum atomic E-state index is -4.30. The van der Waals surface area contributed by atoms with Crippen LogP contribution in [0.2, 0.25) is 0 Å². The number of fused-ring (bicyclic) bond motifs is 3. The van der Waals surface area contributed by atoms with Crippen LogP contribution in [0.4, 0.5) is 13.2 Å². The normalized spacial score (nSPS) is 24.0. The number of carbonyl (C=O) groups is 1. The molecule has 2 aliphatic heterocycles. The van der Waals surface area contributed by atoms with E-state index in [1.54, 1.807) is 18.2 Å². The number of aromatic nitrogens is 1. The van der Waals surface area contributed by atoms with Gasteiger partial charge in [-0.1, -0.05) is 18.2 Å². The topological polar surface area (TPSA) is 51.3 Å². The standard InChI is InChI=1S/C24H24F3N3O/c25-24(26,27)18-5-1-15(2-6-18)14-30-19-7-8-20(30)13-21(12-19)29-10-9-16-3-4-17(23(28)31)11-22(16)29/h1-6,9-11,19-21H,7-8,12-14H2,(H2,28,31). The van der Waals surface area contributed by atoms with Crippen LogP contribution < -0.4 is 5.73 Å². The number of piperidine rings is 1. The monoisotopic (exact) mass is 427 g/mol. The van der Waals surface area contributed by atoms with Crippen LogP contribution >= 0.6 is 0 Å². The SMILES string of the molecule is NC(=O)c1ccc2ccn(C3CC4CCC(C3)N4Cc3ccc(C(F)(F)F)cc3)c2c1. The lowest BCUT2D eigenvalue weighted by Crippen LogP contribution is -2.42. The highest BCUT2D eigenvalue weighted by atomic mass is 19.4. The number of nitrogens with zero attached hydrogens (tertiary/aromatic N) is 2. The fraction of sp³-hybridized carbons (Fsp3) is 0.375. The van der Waals surface area contributed by atoms with E-state index in [1.165, 1.54) is 12.1 Å². The van der Waals surface area contributed by atoms with Crippen LogP contribution in [0, 0.1) is 0 Å². The molecule has 2 N–H and O–H groups in total. The lowest BCUT2D eigenvalue weighted by atomic mass is 9.96. The molecule has 2 fully saturated rings. The third kappa shape index (κ3) is 3.71. The number of primary amides is 1. The molecule has 0 radical (unpaired) electrons. The Labute approximate surface area is 178 Å². The number of rotatable bonds is 4. The zero-order chi connectivity index (χ0) is 21.8. The zero-order valence-corrected chi connectivity index (χ0v) is 17.0. The van der Waals surface area contributed by atoms with Crippen molar-refractivity contribution in [2.45, 2.75) is 56.5 Å². The molecule has 0 saturated carbocycles. The quantitative estimate of drug-likeness (QED) is 0.628. The number of amides is 1. The number of hydrogen-bond acceptors (Lipinski definition) is 2. The highest BCUT2D eigenvalue weighted by Crippen LogP contribution is 2.43. The molecule has 3 aromatic rings. The summed E-state index contributed by atoms with van der Waals surface area (Å²) in [6.07, 6.45) is 1.97. The van der Waals surface area contributed by atoms with Crippen molar-refractivity contribution in [1.29, 1.82) is 0 Å². The van der Waals surface area contributed by atoms with Crippen LogP contribution in [-0.4, -0.2) is 27.5 Å². The summed E-state index contributed by atoms with van der Waals surface area (Å²) >= 11 is 0. The van der Waals surface area contributed by atoms with Gasteiger partial charge in [0.15, 0.2) is 0 Å². The fourth-order valence-corrected chi connectivity index (χ4v) is 5.36. The summed E-state index contributed by atoms with van der Waals surface area (Å²) in [6, 6.07) is 14.3. The number of carbonyl (C=O) groups excluding carboxylic acids is 1. The van der Waals surface area contributed by atoms with Crippen LogP contribution in [0.5, 0.6) is 0 Å². The molecular weight excluding hydrogens is 403 g/mol. The fourth-order valence-electron chi connectivity index (χ4n) is 5.36. The molecule has 2 atom stereocenters. The Morgan fingerprint density at radius 1 is 0.968 bits per heavy atom. The first-order valence-corrected chi connectivity index (χ1v) is 10.6. The summed E-state index contributed by atoms with van der Waals surface area (Å²) in [4.78, 5) is 14.1. The average Bonchev–Trinajstić information content (AvgIpc) is 3.24. The minimum absolute atomic E-state index is 0.335. The molecule has 2 bridgehead atoms. The first-order valence-electron chi connectivity index (χ1n) is 10.6. The summed E-state index contributed by atoms with van der Waals surface area (Å²) < 4.78 is 40.8. The van der Waals surface area contributed by atoms with Gasteiger partial charge in [0.05, 0.1) is 5.56 Å². The van der Waals surface area contributed by atoms with E-state index in [0.717, 1.165) is 42.1 Å². The van der Waals surface area contributed by atoms with Crippen molar-refractivity contribution in [3.05, 3.63) is 71.4 Å². The molecule has 7 heteroatoms. The van der Waals surface area contributed by atoms with E-state index in [9.17, 15) is 18.0 Å². The Morgan fingerprint density at radius 3 is 2.26 bits per heavy atom. The Hall–Kier alpha value is -2.80. The van der Waals surface area contributed by atoms with E-state index in [-0.39, 0.29) is 0 Å². The molecule has 0 spiro atoms. The molecule has 0 aliphatic carbocycles. The largest absolute Gasteiger partial charge is 0.416 e. The van der Waals surface area contributed by atoms with E-state index < -0.39 is 17.6 Å². The third-order valence-corrected chi connectivity index (χ3v) is 6.91. The van der Waals surface area contributed by atoms with E-state index in [1.807, 2.05) is 12.1 Å². The summed E-state index contributed by atoms with van der Waals surface area (Å²) in [7, 11) is 0. The van der Waals surface area contributed by atoms with Gasteiger partial charge in [0.2, 0.25) is 5.91 Å². The Balaban J connectivity index is 1.34. The van der Waals surface area contributed by atoms with Gasteiger partial charge in [0.1, 0.15) is 0 Å². The highest BCUT2D eigenvalue weighted by molar-refractivity contribution is 5.97. The first kappa shape index (κ1) is 20.1. The van der Waals surface area contributed by atoms with Crippen LogP contribution in [0.3, 0.4) is 0 Å². The summed E-state index contributed by atoms with van der Waals surface area (Å²) in [5.41, 5.74) is 7.31. The van der Waals surface area contributed by atoms with Crippen LogP contribution in [-0.2, 0) is 12.7 Å². The zero-order valence-electron chi connectivity index (χ0n) is 17.0. The van der Waals surface area contributed by atoms with Crippen molar-refractivity contribution in [1.82, 2.24) is 9.47 Å². The number of nitrogens with two attached hydrogens (primary N) is 1. The van der Waals surface area contributed by atoms with Crippen LogP contribution in [0.1, 0.15) is 53.2 Å². The molecule has 5 rings (SSSR count). The number of halogens is 3. The van der Waals surface area contributed by atoms with Gasteiger partial charge in [-0.3, -0.25) is 9.69 Å². The molecule has 2 unspecified atom stereocenters. The lowest BCUT2D eigenvalue weighted by Gasteiger charge is -2.40. The van der Waals surface area contributed by atoms with E-state index >= 15 is 0 Å². The Bertz CT molecular complexity index is 1110. The summed E-state index contributed by atoms with van der Waals surface area (Å²) in [5.74, 6) is -0.430. The molecule has 2 aliphatic rings. The number of alkyl halides is 3.